The highest BCUT2D eigenvalue weighted by Gasteiger charge is 2.34. The number of carboxylic acids is 1. The lowest BCUT2D eigenvalue weighted by molar-refractivity contribution is -0.144. The van der Waals surface area contributed by atoms with Crippen LogP contribution in [-0.2, 0) is 24.0 Å². The molecule has 0 aromatic carbocycles. The van der Waals surface area contributed by atoms with Crippen LogP contribution in [0.15, 0.2) is 0 Å². The van der Waals surface area contributed by atoms with Gasteiger partial charge in [-0.2, -0.15) is 0 Å². The summed E-state index contributed by atoms with van der Waals surface area (Å²) in [4.78, 5) is 60.0. The number of rotatable bonds is 12. The molecule has 0 saturated carbocycles. The summed E-state index contributed by atoms with van der Waals surface area (Å²) in [6, 6.07) is -4.46. The molecule has 12 nitrogen and oxygen atoms in total. The van der Waals surface area contributed by atoms with E-state index in [1.165, 1.54) is 6.92 Å². The third-order valence-corrected chi connectivity index (χ3v) is 4.80. The van der Waals surface area contributed by atoms with Crippen molar-refractivity contribution in [2.45, 2.75) is 76.7 Å². The SMILES string of the molecule is CC(C)CC(NC(=O)C1CCCN1)C(=O)NC(C(=O)NC(CC(N)=O)C(=O)O)C(C)O. The largest absolute Gasteiger partial charge is 0.480 e. The number of carbonyl (C=O) groups is 5. The Balaban J connectivity index is 2.88. The van der Waals surface area contributed by atoms with E-state index in [-0.39, 0.29) is 18.2 Å². The Morgan fingerprint density at radius 2 is 1.68 bits per heavy atom. The summed E-state index contributed by atoms with van der Waals surface area (Å²) in [5.41, 5.74) is 4.99. The second-order valence-corrected chi connectivity index (χ2v) is 8.14. The second kappa shape index (κ2) is 12.2. The fraction of sp³-hybridized carbons (Fsp3) is 0.737. The van der Waals surface area contributed by atoms with E-state index in [0.29, 0.717) is 13.0 Å². The molecule has 5 unspecified atom stereocenters. The van der Waals surface area contributed by atoms with Crippen molar-refractivity contribution < 1.29 is 34.2 Å². The lowest BCUT2D eigenvalue weighted by atomic mass is 10.0. The molecule has 0 aromatic rings. The maximum absolute atomic E-state index is 12.8. The molecule has 4 amide bonds. The van der Waals surface area contributed by atoms with Crippen LogP contribution < -0.4 is 27.0 Å². The van der Waals surface area contributed by atoms with E-state index < -0.39 is 60.4 Å². The zero-order valence-electron chi connectivity index (χ0n) is 18.0. The Morgan fingerprint density at radius 3 is 2.13 bits per heavy atom. The summed E-state index contributed by atoms with van der Waals surface area (Å²) in [6.07, 6.45) is -0.241. The van der Waals surface area contributed by atoms with Crippen molar-refractivity contribution in [1.82, 2.24) is 21.3 Å². The zero-order chi connectivity index (χ0) is 23.7. The van der Waals surface area contributed by atoms with Crippen molar-refractivity contribution in [3.63, 3.8) is 0 Å². The van der Waals surface area contributed by atoms with E-state index in [2.05, 4.69) is 21.3 Å². The molecule has 1 saturated heterocycles. The number of hydrogen-bond acceptors (Lipinski definition) is 7. The third-order valence-electron chi connectivity index (χ3n) is 4.80. The summed E-state index contributed by atoms with van der Waals surface area (Å²) in [6.45, 7) is 5.67. The predicted octanol–water partition coefficient (Wildman–Crippen LogP) is -2.42. The van der Waals surface area contributed by atoms with Gasteiger partial charge < -0.3 is 37.2 Å². The molecule has 1 heterocycles. The third kappa shape index (κ3) is 8.89. The second-order valence-electron chi connectivity index (χ2n) is 8.14. The molecular weight excluding hydrogens is 410 g/mol. The van der Waals surface area contributed by atoms with Crippen molar-refractivity contribution in [2.24, 2.45) is 11.7 Å². The van der Waals surface area contributed by atoms with Gasteiger partial charge in [-0.05, 0) is 38.6 Å². The molecule has 31 heavy (non-hydrogen) atoms. The fourth-order valence-electron chi connectivity index (χ4n) is 3.21. The van der Waals surface area contributed by atoms with Gasteiger partial charge in [0.1, 0.15) is 18.1 Å². The molecule has 12 heteroatoms. The minimum absolute atomic E-state index is 0.0402. The quantitative estimate of drug-likeness (QED) is 0.173. The molecule has 0 aromatic heterocycles. The maximum Gasteiger partial charge on any atom is 0.326 e. The molecule has 176 valence electrons. The van der Waals surface area contributed by atoms with E-state index in [4.69, 9.17) is 10.8 Å². The van der Waals surface area contributed by atoms with Crippen LogP contribution in [0.1, 0.15) is 46.5 Å². The minimum atomic E-state index is -1.61. The van der Waals surface area contributed by atoms with Crippen LogP contribution in [0.2, 0.25) is 0 Å². The monoisotopic (exact) mass is 443 g/mol. The molecule has 0 radical (unpaired) electrons. The van der Waals surface area contributed by atoms with Gasteiger partial charge in [-0.25, -0.2) is 4.79 Å². The minimum Gasteiger partial charge on any atom is -0.480 e. The lowest BCUT2D eigenvalue weighted by Gasteiger charge is -2.27. The standard InChI is InChI=1S/C19H33N5O7/c1-9(2)7-12(22-16(27)11-5-4-6-21-11)17(28)24-15(10(3)25)18(29)23-13(19(30)31)8-14(20)26/h9-13,15,21,25H,4-8H2,1-3H3,(H2,20,26)(H,22,27)(H,23,29)(H,24,28)(H,30,31). The topological polar surface area (TPSA) is 200 Å². The van der Waals surface area contributed by atoms with Crippen LogP contribution in [0.25, 0.3) is 0 Å². The average molecular weight is 444 g/mol. The van der Waals surface area contributed by atoms with Crippen LogP contribution in [0.4, 0.5) is 0 Å². The van der Waals surface area contributed by atoms with Crippen molar-refractivity contribution in [1.29, 1.82) is 0 Å². The van der Waals surface area contributed by atoms with Crippen molar-refractivity contribution in [2.75, 3.05) is 6.54 Å². The molecule has 0 aliphatic carbocycles. The van der Waals surface area contributed by atoms with E-state index in [9.17, 15) is 29.1 Å². The highest BCUT2D eigenvalue weighted by atomic mass is 16.4. The van der Waals surface area contributed by atoms with Gasteiger partial charge in [0.25, 0.3) is 0 Å². The number of nitrogens with one attached hydrogen (secondary N) is 4. The van der Waals surface area contributed by atoms with Crippen LogP contribution in [0, 0.1) is 5.92 Å². The molecule has 0 bridgehead atoms. The molecular formula is C19H33N5O7. The Kier molecular flexibility index (Phi) is 10.4. The Hall–Kier alpha value is -2.73. The lowest BCUT2D eigenvalue weighted by Crippen LogP contribution is -2.60. The highest BCUT2D eigenvalue weighted by molar-refractivity contribution is 5.95. The molecule has 0 spiro atoms. The van der Waals surface area contributed by atoms with E-state index in [1.807, 2.05) is 13.8 Å². The van der Waals surface area contributed by atoms with Crippen molar-refractivity contribution in [3.05, 3.63) is 0 Å². The summed E-state index contributed by atoms with van der Waals surface area (Å²) in [5, 5.41) is 29.3. The molecule has 1 fully saturated rings. The number of aliphatic carboxylic acids is 1. The Morgan fingerprint density at radius 1 is 1.03 bits per heavy atom. The van der Waals surface area contributed by atoms with Crippen molar-refractivity contribution in [3.8, 4) is 0 Å². The molecule has 1 aliphatic rings. The highest BCUT2D eigenvalue weighted by Crippen LogP contribution is 2.10. The number of aliphatic hydroxyl groups is 1. The molecule has 1 aliphatic heterocycles. The number of primary amides is 1. The van der Waals surface area contributed by atoms with Gasteiger partial charge in [0.2, 0.25) is 23.6 Å². The first kappa shape index (κ1) is 26.3. The first-order valence-corrected chi connectivity index (χ1v) is 10.3. The average Bonchev–Trinajstić information content (AvgIpc) is 3.18. The first-order valence-electron chi connectivity index (χ1n) is 10.3. The number of amides is 4. The van der Waals surface area contributed by atoms with Gasteiger partial charge in [-0.15, -0.1) is 0 Å². The first-order chi connectivity index (χ1) is 14.4. The summed E-state index contributed by atoms with van der Waals surface area (Å²) in [5.74, 6) is -4.41. The summed E-state index contributed by atoms with van der Waals surface area (Å²) in [7, 11) is 0. The summed E-state index contributed by atoms with van der Waals surface area (Å²) < 4.78 is 0. The Bertz CT molecular complexity index is 677. The normalized spacial score (nSPS) is 19.7. The fourth-order valence-corrected chi connectivity index (χ4v) is 3.21. The van der Waals surface area contributed by atoms with Crippen molar-refractivity contribution >= 4 is 29.6 Å². The number of aliphatic hydroxyl groups excluding tert-OH is 1. The van der Waals surface area contributed by atoms with Gasteiger partial charge in [0, 0.05) is 0 Å². The number of carbonyl (C=O) groups excluding carboxylic acids is 4. The van der Waals surface area contributed by atoms with Crippen LogP contribution in [0.5, 0.6) is 0 Å². The van der Waals surface area contributed by atoms with Gasteiger partial charge in [-0.3, -0.25) is 19.2 Å². The van der Waals surface area contributed by atoms with Gasteiger partial charge in [0.15, 0.2) is 0 Å². The van der Waals surface area contributed by atoms with Gasteiger partial charge in [-0.1, -0.05) is 13.8 Å². The maximum atomic E-state index is 12.8. The summed E-state index contributed by atoms with van der Waals surface area (Å²) >= 11 is 0. The number of carboxylic acid groups (broad SMARTS) is 1. The Labute approximate surface area is 180 Å². The molecule has 1 rings (SSSR count). The molecule has 8 N–H and O–H groups in total. The van der Waals surface area contributed by atoms with E-state index in [0.717, 1.165) is 6.42 Å². The predicted molar refractivity (Wildman–Crippen MR) is 109 cm³/mol. The smallest absolute Gasteiger partial charge is 0.326 e. The zero-order valence-corrected chi connectivity index (χ0v) is 18.0. The van der Waals surface area contributed by atoms with Crippen LogP contribution in [0.3, 0.4) is 0 Å². The van der Waals surface area contributed by atoms with Gasteiger partial charge in [0.05, 0.1) is 18.6 Å². The van der Waals surface area contributed by atoms with Gasteiger partial charge >= 0.3 is 5.97 Å². The van der Waals surface area contributed by atoms with Crippen LogP contribution >= 0.6 is 0 Å². The molecule has 5 atom stereocenters. The van der Waals surface area contributed by atoms with Crippen LogP contribution in [-0.4, -0.2) is 76.6 Å². The number of nitrogens with two attached hydrogens (primary N) is 1. The number of hydrogen-bond donors (Lipinski definition) is 7. The van der Waals surface area contributed by atoms with E-state index in [1.54, 1.807) is 0 Å². The van der Waals surface area contributed by atoms with E-state index >= 15 is 0 Å².